The number of hydrogen-bond donors (Lipinski definition) is 1. The maximum atomic E-state index is 10.2. The van der Waals surface area contributed by atoms with E-state index in [9.17, 15) is 5.11 Å². The molecule has 0 fully saturated rings. The van der Waals surface area contributed by atoms with Gasteiger partial charge in [0.1, 0.15) is 6.10 Å². The van der Waals surface area contributed by atoms with Gasteiger partial charge < -0.3 is 5.11 Å². The monoisotopic (exact) mass is 267 g/mol. The Balaban J connectivity index is 2.33. The molecule has 2 aromatic rings. The van der Waals surface area contributed by atoms with Crippen LogP contribution in [-0.4, -0.2) is 10.1 Å². The maximum absolute atomic E-state index is 10.2. The average molecular weight is 268 g/mol. The quantitative estimate of drug-likeness (QED) is 0.899. The smallest absolute Gasteiger partial charge is 0.106 e. The molecule has 17 heavy (non-hydrogen) atoms. The van der Waals surface area contributed by atoms with E-state index < -0.39 is 6.10 Å². The van der Waals surface area contributed by atoms with Gasteiger partial charge in [0.2, 0.25) is 0 Å². The van der Waals surface area contributed by atoms with Crippen molar-refractivity contribution in [2.45, 2.75) is 13.0 Å². The number of aliphatic hydroxyl groups excluding tert-OH is 1. The Hall–Kier alpha value is -1.09. The van der Waals surface area contributed by atoms with Crippen molar-refractivity contribution in [3.63, 3.8) is 0 Å². The maximum Gasteiger partial charge on any atom is 0.106 e. The van der Waals surface area contributed by atoms with Crippen molar-refractivity contribution >= 4 is 23.2 Å². The average Bonchev–Trinajstić information content (AvgIpc) is 2.33. The number of aliphatic hydroxyl groups is 1. The van der Waals surface area contributed by atoms with Crippen molar-refractivity contribution in [1.82, 2.24) is 4.98 Å². The van der Waals surface area contributed by atoms with Crippen molar-refractivity contribution < 1.29 is 5.11 Å². The number of pyridine rings is 1. The van der Waals surface area contributed by atoms with Crippen LogP contribution in [0.15, 0.2) is 36.5 Å². The molecule has 1 aromatic heterocycles. The van der Waals surface area contributed by atoms with Gasteiger partial charge in [-0.2, -0.15) is 0 Å². The number of benzene rings is 1. The minimum absolute atomic E-state index is 0.434. The minimum atomic E-state index is -0.738. The third kappa shape index (κ3) is 2.78. The number of nitrogens with zero attached hydrogens (tertiary/aromatic N) is 1. The van der Waals surface area contributed by atoms with Crippen molar-refractivity contribution in [3.8, 4) is 0 Å². The highest BCUT2D eigenvalue weighted by Crippen LogP contribution is 2.28. The van der Waals surface area contributed by atoms with Gasteiger partial charge in [0, 0.05) is 17.5 Å². The summed E-state index contributed by atoms with van der Waals surface area (Å²) in [5, 5.41) is 11.1. The standard InChI is InChI=1S/C13H11Cl2NO/c1-8-2-3-10(7-16-8)13(17)9-4-5-11(14)12(15)6-9/h2-7,13,17H,1H3. The SMILES string of the molecule is Cc1ccc(C(O)c2ccc(Cl)c(Cl)c2)cn1. The summed E-state index contributed by atoms with van der Waals surface area (Å²) < 4.78 is 0. The highest BCUT2D eigenvalue weighted by atomic mass is 35.5. The van der Waals surface area contributed by atoms with Crippen LogP contribution in [0.5, 0.6) is 0 Å². The van der Waals surface area contributed by atoms with Crippen LogP contribution in [-0.2, 0) is 0 Å². The lowest BCUT2D eigenvalue weighted by Crippen LogP contribution is -2.00. The molecule has 1 heterocycles. The third-order valence-corrected chi connectivity index (χ3v) is 3.25. The van der Waals surface area contributed by atoms with Crippen LogP contribution in [0, 0.1) is 6.92 Å². The van der Waals surface area contributed by atoms with Gasteiger partial charge >= 0.3 is 0 Å². The van der Waals surface area contributed by atoms with Gasteiger partial charge in [0.15, 0.2) is 0 Å². The summed E-state index contributed by atoms with van der Waals surface area (Å²) in [5.41, 5.74) is 2.34. The molecular formula is C13H11Cl2NO. The Labute approximate surface area is 110 Å². The molecule has 1 N–H and O–H groups in total. The molecule has 0 aliphatic carbocycles. The lowest BCUT2D eigenvalue weighted by molar-refractivity contribution is 0.220. The highest BCUT2D eigenvalue weighted by Gasteiger charge is 2.12. The van der Waals surface area contributed by atoms with E-state index in [1.54, 1.807) is 24.4 Å². The second kappa shape index (κ2) is 5.05. The zero-order valence-electron chi connectivity index (χ0n) is 9.19. The van der Waals surface area contributed by atoms with Gasteiger partial charge in [0.25, 0.3) is 0 Å². The fraction of sp³-hybridized carbons (Fsp3) is 0.154. The molecular weight excluding hydrogens is 257 g/mol. The van der Waals surface area contributed by atoms with Crippen LogP contribution in [0.4, 0.5) is 0 Å². The molecule has 88 valence electrons. The summed E-state index contributed by atoms with van der Waals surface area (Å²) in [5.74, 6) is 0. The Morgan fingerprint density at radius 1 is 1.06 bits per heavy atom. The minimum Gasteiger partial charge on any atom is -0.384 e. The van der Waals surface area contributed by atoms with Crippen molar-refractivity contribution in [2.24, 2.45) is 0 Å². The Morgan fingerprint density at radius 2 is 1.76 bits per heavy atom. The molecule has 0 saturated carbocycles. The van der Waals surface area contributed by atoms with Gasteiger partial charge in [0.05, 0.1) is 10.0 Å². The summed E-state index contributed by atoms with van der Waals surface area (Å²) in [6.45, 7) is 1.90. The highest BCUT2D eigenvalue weighted by molar-refractivity contribution is 6.42. The first-order chi connectivity index (χ1) is 8.08. The second-order valence-electron chi connectivity index (χ2n) is 3.81. The molecule has 0 bridgehead atoms. The zero-order valence-corrected chi connectivity index (χ0v) is 10.7. The molecule has 1 atom stereocenters. The Morgan fingerprint density at radius 3 is 2.35 bits per heavy atom. The molecule has 0 saturated heterocycles. The van der Waals surface area contributed by atoms with E-state index in [2.05, 4.69) is 4.98 Å². The second-order valence-corrected chi connectivity index (χ2v) is 4.62. The molecule has 0 radical (unpaired) electrons. The summed E-state index contributed by atoms with van der Waals surface area (Å²) >= 11 is 11.7. The molecule has 2 rings (SSSR count). The molecule has 1 unspecified atom stereocenters. The summed E-state index contributed by atoms with van der Waals surface area (Å²) in [4.78, 5) is 4.15. The lowest BCUT2D eigenvalue weighted by atomic mass is 10.0. The van der Waals surface area contributed by atoms with Crippen molar-refractivity contribution in [3.05, 3.63) is 63.4 Å². The predicted octanol–water partition coefficient (Wildman–Crippen LogP) is 3.78. The molecule has 0 spiro atoms. The summed E-state index contributed by atoms with van der Waals surface area (Å²) in [6.07, 6.45) is 0.917. The van der Waals surface area contributed by atoms with Gasteiger partial charge in [-0.3, -0.25) is 4.98 Å². The third-order valence-electron chi connectivity index (χ3n) is 2.51. The van der Waals surface area contributed by atoms with E-state index in [1.807, 2.05) is 19.1 Å². The van der Waals surface area contributed by atoms with E-state index in [0.717, 1.165) is 11.3 Å². The van der Waals surface area contributed by atoms with Gasteiger partial charge in [-0.1, -0.05) is 35.3 Å². The van der Waals surface area contributed by atoms with Crippen LogP contribution < -0.4 is 0 Å². The number of halogens is 2. The fourth-order valence-electron chi connectivity index (χ4n) is 1.52. The lowest BCUT2D eigenvalue weighted by Gasteiger charge is -2.12. The van der Waals surface area contributed by atoms with E-state index in [4.69, 9.17) is 23.2 Å². The van der Waals surface area contributed by atoms with E-state index in [0.29, 0.717) is 15.6 Å². The Bertz CT molecular complexity index is 525. The number of aromatic nitrogens is 1. The topological polar surface area (TPSA) is 33.1 Å². The molecule has 0 amide bonds. The van der Waals surface area contributed by atoms with Gasteiger partial charge in [-0.25, -0.2) is 0 Å². The van der Waals surface area contributed by atoms with Crippen LogP contribution >= 0.6 is 23.2 Å². The zero-order chi connectivity index (χ0) is 12.4. The van der Waals surface area contributed by atoms with Crippen LogP contribution in [0.3, 0.4) is 0 Å². The van der Waals surface area contributed by atoms with Crippen molar-refractivity contribution in [1.29, 1.82) is 0 Å². The van der Waals surface area contributed by atoms with Crippen LogP contribution in [0.25, 0.3) is 0 Å². The fourth-order valence-corrected chi connectivity index (χ4v) is 1.82. The van der Waals surface area contributed by atoms with Crippen molar-refractivity contribution in [2.75, 3.05) is 0 Å². The first-order valence-corrected chi connectivity index (χ1v) is 5.89. The normalized spacial score (nSPS) is 12.5. The molecule has 0 aliphatic rings. The predicted molar refractivity (Wildman–Crippen MR) is 69.5 cm³/mol. The van der Waals surface area contributed by atoms with E-state index in [1.165, 1.54) is 0 Å². The first kappa shape index (κ1) is 12.4. The summed E-state index contributed by atoms with van der Waals surface area (Å²) in [6, 6.07) is 8.78. The van der Waals surface area contributed by atoms with Crippen LogP contribution in [0.2, 0.25) is 10.0 Å². The molecule has 4 heteroatoms. The molecule has 0 aliphatic heterocycles. The van der Waals surface area contributed by atoms with E-state index in [-0.39, 0.29) is 0 Å². The molecule has 2 nitrogen and oxygen atoms in total. The first-order valence-electron chi connectivity index (χ1n) is 5.13. The van der Waals surface area contributed by atoms with E-state index >= 15 is 0 Å². The Kier molecular flexibility index (Phi) is 3.67. The van der Waals surface area contributed by atoms with Gasteiger partial charge in [-0.05, 0) is 30.7 Å². The number of aryl methyl sites for hydroxylation is 1. The summed E-state index contributed by atoms with van der Waals surface area (Å²) in [7, 11) is 0. The molecule has 1 aromatic carbocycles. The van der Waals surface area contributed by atoms with Gasteiger partial charge in [-0.15, -0.1) is 0 Å². The number of rotatable bonds is 2. The number of hydrogen-bond acceptors (Lipinski definition) is 2. The van der Waals surface area contributed by atoms with Crippen LogP contribution in [0.1, 0.15) is 22.9 Å². The largest absolute Gasteiger partial charge is 0.384 e.